The number of amides is 1. The normalized spacial score (nSPS) is 15.0. The number of nitrogens with zero attached hydrogens (tertiary/aromatic N) is 1. The largest absolute Gasteiger partial charge is 0.484 e. The minimum atomic E-state index is -0.244. The summed E-state index contributed by atoms with van der Waals surface area (Å²) in [5.41, 5.74) is 0.900. The van der Waals surface area contributed by atoms with Crippen molar-refractivity contribution in [1.29, 1.82) is 0 Å². The molecule has 6 heteroatoms. The summed E-state index contributed by atoms with van der Waals surface area (Å²) in [7, 11) is 0. The lowest BCUT2D eigenvalue weighted by molar-refractivity contribution is -0.134. The Labute approximate surface area is 151 Å². The van der Waals surface area contributed by atoms with E-state index in [0.717, 1.165) is 18.5 Å². The summed E-state index contributed by atoms with van der Waals surface area (Å²) < 4.78 is 18.4. The molecule has 0 atom stereocenters. The summed E-state index contributed by atoms with van der Waals surface area (Å²) in [5.74, 6) is 0.368. The van der Waals surface area contributed by atoms with Crippen LogP contribution in [0.2, 0.25) is 5.02 Å². The first-order valence-corrected chi connectivity index (χ1v) is 8.66. The van der Waals surface area contributed by atoms with E-state index in [2.05, 4.69) is 5.32 Å². The molecule has 1 heterocycles. The highest BCUT2D eigenvalue weighted by atomic mass is 35.5. The third kappa shape index (κ3) is 5.10. The predicted molar refractivity (Wildman–Crippen MR) is 96.6 cm³/mol. The Morgan fingerprint density at radius 2 is 1.76 bits per heavy atom. The molecule has 25 heavy (non-hydrogen) atoms. The number of likely N-dealkylation sites (tertiary alicyclic amines) is 1. The molecule has 2 aromatic rings. The van der Waals surface area contributed by atoms with Crippen molar-refractivity contribution in [3.8, 4) is 5.75 Å². The van der Waals surface area contributed by atoms with Crippen LogP contribution in [0.5, 0.6) is 5.75 Å². The van der Waals surface area contributed by atoms with Gasteiger partial charge in [-0.1, -0.05) is 11.6 Å². The summed E-state index contributed by atoms with van der Waals surface area (Å²) in [4.78, 5) is 14.1. The molecule has 0 unspecified atom stereocenters. The highest BCUT2D eigenvalue weighted by molar-refractivity contribution is 6.30. The molecule has 0 aromatic heterocycles. The third-order valence-electron chi connectivity index (χ3n) is 4.24. The quantitative estimate of drug-likeness (QED) is 0.875. The molecule has 1 saturated heterocycles. The first-order valence-electron chi connectivity index (χ1n) is 8.28. The zero-order valence-electron chi connectivity index (χ0n) is 13.8. The van der Waals surface area contributed by atoms with Gasteiger partial charge in [0.25, 0.3) is 5.91 Å². The average Bonchev–Trinajstić information content (AvgIpc) is 2.63. The van der Waals surface area contributed by atoms with Crippen molar-refractivity contribution in [2.75, 3.05) is 25.0 Å². The molecule has 0 radical (unpaired) electrons. The molecule has 2 aromatic carbocycles. The lowest BCUT2D eigenvalue weighted by Crippen LogP contribution is -2.44. The number of piperidine rings is 1. The van der Waals surface area contributed by atoms with Gasteiger partial charge in [-0.25, -0.2) is 4.39 Å². The number of nitrogens with one attached hydrogen (secondary N) is 1. The number of hydrogen-bond acceptors (Lipinski definition) is 3. The Morgan fingerprint density at radius 1 is 1.12 bits per heavy atom. The van der Waals surface area contributed by atoms with Crippen LogP contribution < -0.4 is 10.1 Å². The van der Waals surface area contributed by atoms with Crippen LogP contribution in [0.4, 0.5) is 10.1 Å². The Bertz CT molecular complexity index is 698. The van der Waals surface area contributed by atoms with Gasteiger partial charge in [-0.15, -0.1) is 0 Å². The monoisotopic (exact) mass is 362 g/mol. The molecule has 0 spiro atoms. The number of carbonyl (C=O) groups is 1. The van der Waals surface area contributed by atoms with Crippen molar-refractivity contribution in [3.05, 3.63) is 59.4 Å². The molecule has 1 aliphatic rings. The molecule has 3 rings (SSSR count). The Kier molecular flexibility index (Phi) is 5.76. The van der Waals surface area contributed by atoms with Gasteiger partial charge in [-0.2, -0.15) is 0 Å². The Morgan fingerprint density at radius 3 is 2.40 bits per heavy atom. The molecule has 1 amide bonds. The maximum absolute atomic E-state index is 12.9. The molecule has 1 aliphatic heterocycles. The second-order valence-electron chi connectivity index (χ2n) is 6.05. The lowest BCUT2D eigenvalue weighted by atomic mass is 10.0. The van der Waals surface area contributed by atoms with E-state index in [1.54, 1.807) is 36.4 Å². The molecule has 1 fully saturated rings. The molecular weight excluding hydrogens is 343 g/mol. The summed E-state index contributed by atoms with van der Waals surface area (Å²) in [6, 6.07) is 13.6. The number of carbonyl (C=O) groups excluding carboxylic acids is 1. The maximum Gasteiger partial charge on any atom is 0.260 e. The van der Waals surface area contributed by atoms with Crippen LogP contribution in [-0.4, -0.2) is 36.5 Å². The first-order chi connectivity index (χ1) is 12.1. The fourth-order valence-corrected chi connectivity index (χ4v) is 2.95. The third-order valence-corrected chi connectivity index (χ3v) is 4.49. The zero-order valence-corrected chi connectivity index (χ0v) is 14.5. The fourth-order valence-electron chi connectivity index (χ4n) is 2.82. The minimum Gasteiger partial charge on any atom is -0.484 e. The van der Waals surface area contributed by atoms with Gasteiger partial charge in [0.1, 0.15) is 11.6 Å². The van der Waals surface area contributed by atoms with Crippen molar-refractivity contribution >= 4 is 23.2 Å². The fraction of sp³-hybridized carbons (Fsp3) is 0.316. The number of ether oxygens (including phenoxy) is 1. The minimum absolute atomic E-state index is 0.0183. The van der Waals surface area contributed by atoms with Crippen LogP contribution >= 0.6 is 11.6 Å². The van der Waals surface area contributed by atoms with Crippen LogP contribution in [-0.2, 0) is 4.79 Å². The van der Waals surface area contributed by atoms with Crippen molar-refractivity contribution in [3.63, 3.8) is 0 Å². The van der Waals surface area contributed by atoms with E-state index in [9.17, 15) is 9.18 Å². The number of rotatable bonds is 5. The van der Waals surface area contributed by atoms with Gasteiger partial charge in [0.15, 0.2) is 6.61 Å². The van der Waals surface area contributed by atoms with Gasteiger partial charge in [-0.3, -0.25) is 4.79 Å². The van der Waals surface area contributed by atoms with Crippen LogP contribution in [0.15, 0.2) is 48.5 Å². The van der Waals surface area contributed by atoms with Gasteiger partial charge in [-0.05, 0) is 61.4 Å². The SMILES string of the molecule is O=C(COc1ccc(Cl)cc1)N1CCC(Nc2ccc(F)cc2)CC1. The molecule has 0 saturated carbocycles. The number of benzene rings is 2. The van der Waals surface area contributed by atoms with Crippen LogP contribution in [0, 0.1) is 5.82 Å². The van der Waals surface area contributed by atoms with E-state index in [1.165, 1.54) is 12.1 Å². The highest BCUT2D eigenvalue weighted by Crippen LogP contribution is 2.18. The maximum atomic E-state index is 12.9. The summed E-state index contributed by atoms with van der Waals surface area (Å²) >= 11 is 5.82. The first kappa shape index (κ1) is 17.5. The molecule has 1 N–H and O–H groups in total. The second-order valence-corrected chi connectivity index (χ2v) is 6.49. The Hall–Kier alpha value is -2.27. The van der Waals surface area contributed by atoms with Crippen LogP contribution in [0.1, 0.15) is 12.8 Å². The highest BCUT2D eigenvalue weighted by Gasteiger charge is 2.23. The average molecular weight is 363 g/mol. The molecule has 132 valence electrons. The number of anilines is 1. The van der Waals surface area contributed by atoms with E-state index in [1.807, 2.05) is 4.90 Å². The summed E-state index contributed by atoms with van der Waals surface area (Å²) in [6.45, 7) is 1.39. The van der Waals surface area contributed by atoms with E-state index in [4.69, 9.17) is 16.3 Å². The number of halogens is 2. The van der Waals surface area contributed by atoms with Crippen molar-refractivity contribution in [2.45, 2.75) is 18.9 Å². The summed E-state index contributed by atoms with van der Waals surface area (Å²) in [5, 5.41) is 4.02. The van der Waals surface area contributed by atoms with Crippen molar-refractivity contribution < 1.29 is 13.9 Å². The second kappa shape index (κ2) is 8.21. The van der Waals surface area contributed by atoms with Crippen molar-refractivity contribution in [1.82, 2.24) is 4.90 Å². The van der Waals surface area contributed by atoms with E-state index in [-0.39, 0.29) is 24.4 Å². The summed E-state index contributed by atoms with van der Waals surface area (Å²) in [6.07, 6.45) is 1.70. The van der Waals surface area contributed by atoms with E-state index >= 15 is 0 Å². The van der Waals surface area contributed by atoms with Gasteiger partial charge < -0.3 is 15.0 Å². The molecule has 0 bridgehead atoms. The van der Waals surface area contributed by atoms with Gasteiger partial charge in [0.2, 0.25) is 0 Å². The topological polar surface area (TPSA) is 41.6 Å². The van der Waals surface area contributed by atoms with Gasteiger partial charge >= 0.3 is 0 Å². The standard InChI is InChI=1S/C19H20ClFN2O2/c20-14-1-7-18(8-2-14)25-13-19(24)23-11-9-17(10-12-23)22-16-5-3-15(21)4-6-16/h1-8,17,22H,9-13H2. The lowest BCUT2D eigenvalue weighted by Gasteiger charge is -2.32. The van der Waals surface area contributed by atoms with Crippen LogP contribution in [0.25, 0.3) is 0 Å². The number of hydrogen-bond donors (Lipinski definition) is 1. The van der Waals surface area contributed by atoms with E-state index in [0.29, 0.717) is 23.9 Å². The predicted octanol–water partition coefficient (Wildman–Crippen LogP) is 3.96. The Balaban J connectivity index is 1.42. The molecule has 0 aliphatic carbocycles. The van der Waals surface area contributed by atoms with Crippen molar-refractivity contribution in [2.24, 2.45) is 0 Å². The van der Waals surface area contributed by atoms with Crippen LogP contribution in [0.3, 0.4) is 0 Å². The molecular formula is C19H20ClFN2O2. The van der Waals surface area contributed by atoms with E-state index < -0.39 is 0 Å². The smallest absolute Gasteiger partial charge is 0.260 e. The molecule has 4 nitrogen and oxygen atoms in total. The zero-order chi connectivity index (χ0) is 17.6. The van der Waals surface area contributed by atoms with Gasteiger partial charge in [0, 0.05) is 29.8 Å². The van der Waals surface area contributed by atoms with Gasteiger partial charge in [0.05, 0.1) is 0 Å².